The van der Waals surface area contributed by atoms with Crippen LogP contribution in [0.3, 0.4) is 0 Å². The largest absolute Gasteiger partial charge is 0.480 e. The topological polar surface area (TPSA) is 287 Å². The number of nitrogens with one attached hydrogen (secondary N) is 4. The molecule has 4 unspecified atom stereocenters. The summed E-state index contributed by atoms with van der Waals surface area (Å²) in [7, 11) is 0. The number of thiol groups is 1. The fourth-order valence-corrected chi connectivity index (χ4v) is 3.21. The molecule has 0 saturated carbocycles. The number of nitrogens with two attached hydrogens (primary N) is 4. The number of amides is 4. The molecule has 1 aromatic rings. The van der Waals surface area contributed by atoms with Gasteiger partial charge in [0, 0.05) is 37.0 Å². The number of aliphatic carboxylic acids is 1. The second-order valence-corrected chi connectivity index (χ2v) is 8.41. The van der Waals surface area contributed by atoms with E-state index in [0.29, 0.717) is 5.69 Å². The number of aromatic amines is 1. The van der Waals surface area contributed by atoms with Crippen molar-refractivity contribution in [2.45, 2.75) is 56.3 Å². The summed E-state index contributed by atoms with van der Waals surface area (Å²) in [5, 5.41) is 16.8. The molecule has 13 N–H and O–H groups in total. The van der Waals surface area contributed by atoms with Crippen molar-refractivity contribution in [3.63, 3.8) is 0 Å². The average Bonchev–Trinajstić information content (AvgIpc) is 3.34. The Morgan fingerprint density at radius 2 is 1.62 bits per heavy atom. The molecule has 0 bridgehead atoms. The third-order valence-corrected chi connectivity index (χ3v) is 5.41. The van der Waals surface area contributed by atoms with Crippen molar-refractivity contribution in [3.8, 4) is 0 Å². The average molecular weight is 543 g/mol. The first-order valence-electron chi connectivity index (χ1n) is 11.3. The number of guanidine groups is 1. The summed E-state index contributed by atoms with van der Waals surface area (Å²) >= 11 is 3.97. The molecule has 37 heavy (non-hydrogen) atoms. The van der Waals surface area contributed by atoms with E-state index in [-0.39, 0.29) is 50.4 Å². The van der Waals surface area contributed by atoms with Gasteiger partial charge in [-0.1, -0.05) is 0 Å². The zero-order valence-electron chi connectivity index (χ0n) is 20.1. The molecule has 1 aromatic heterocycles. The Labute approximate surface area is 218 Å². The van der Waals surface area contributed by atoms with Crippen molar-refractivity contribution in [2.24, 2.45) is 27.9 Å². The van der Waals surface area contributed by atoms with Gasteiger partial charge in [0.05, 0.1) is 12.4 Å². The van der Waals surface area contributed by atoms with Gasteiger partial charge in [-0.25, -0.2) is 9.78 Å². The van der Waals surface area contributed by atoms with Crippen LogP contribution in [0.4, 0.5) is 0 Å². The Morgan fingerprint density at radius 1 is 1.00 bits per heavy atom. The SMILES string of the molecule is NC(=O)CCC(NC(=O)C(Cc1cnc[nH]1)NC(=O)C(N)CS)C(=O)NC(CCCN=C(N)N)C(=O)O. The van der Waals surface area contributed by atoms with Crippen LogP contribution in [-0.2, 0) is 30.4 Å². The summed E-state index contributed by atoms with van der Waals surface area (Å²) in [4.78, 5) is 71.7. The van der Waals surface area contributed by atoms with E-state index in [2.05, 4.69) is 43.5 Å². The van der Waals surface area contributed by atoms with Crippen molar-refractivity contribution >= 4 is 48.2 Å². The van der Waals surface area contributed by atoms with Gasteiger partial charge in [0.15, 0.2) is 5.96 Å². The summed E-state index contributed by atoms with van der Waals surface area (Å²) in [6, 6.07) is -4.83. The zero-order chi connectivity index (χ0) is 28.0. The van der Waals surface area contributed by atoms with Gasteiger partial charge in [-0.05, 0) is 19.3 Å². The van der Waals surface area contributed by atoms with Gasteiger partial charge in [-0.2, -0.15) is 12.6 Å². The molecule has 0 aromatic carbocycles. The number of aliphatic imine (C=N–C) groups is 1. The number of hydrogen-bond donors (Lipinski definition) is 10. The molecule has 4 amide bonds. The maximum absolute atomic E-state index is 13.1. The van der Waals surface area contributed by atoms with Crippen LogP contribution in [0.15, 0.2) is 17.5 Å². The van der Waals surface area contributed by atoms with E-state index in [1.54, 1.807) is 0 Å². The molecule has 206 valence electrons. The molecule has 4 atom stereocenters. The summed E-state index contributed by atoms with van der Waals surface area (Å²) in [5.41, 5.74) is 21.9. The minimum absolute atomic E-state index is 0.00549. The second-order valence-electron chi connectivity index (χ2n) is 8.05. The fourth-order valence-electron chi connectivity index (χ4n) is 3.05. The lowest BCUT2D eigenvalue weighted by molar-refractivity contribution is -0.142. The van der Waals surface area contributed by atoms with Gasteiger partial charge in [0.1, 0.15) is 18.1 Å². The number of rotatable bonds is 17. The smallest absolute Gasteiger partial charge is 0.326 e. The predicted octanol–water partition coefficient (Wildman–Crippen LogP) is -3.93. The molecular weight excluding hydrogens is 508 g/mol. The number of H-pyrrole nitrogens is 1. The molecule has 0 fully saturated rings. The van der Waals surface area contributed by atoms with Gasteiger partial charge in [-0.15, -0.1) is 0 Å². The van der Waals surface area contributed by atoms with Gasteiger partial charge < -0.3 is 49.0 Å². The number of imidazole rings is 1. The molecule has 1 heterocycles. The standard InChI is InChI=1S/C20H34N10O6S/c21-11(8-37)16(32)30-14(6-10-7-25-9-27-10)18(34)28-12(3-4-15(22)31)17(33)29-13(19(35)36)2-1-5-26-20(23)24/h7,9,11-14,37H,1-6,8,21H2,(H2,22,31)(H,25,27)(H,28,34)(H,29,33)(H,30,32)(H,35,36)(H4,23,24,26). The van der Waals surface area contributed by atoms with Crippen LogP contribution < -0.4 is 38.9 Å². The van der Waals surface area contributed by atoms with Crippen LogP contribution >= 0.6 is 12.6 Å². The lowest BCUT2D eigenvalue weighted by Crippen LogP contribution is -2.58. The van der Waals surface area contributed by atoms with E-state index in [4.69, 9.17) is 22.9 Å². The zero-order valence-corrected chi connectivity index (χ0v) is 20.9. The molecule has 16 nitrogen and oxygen atoms in total. The van der Waals surface area contributed by atoms with Crippen LogP contribution in [0.2, 0.25) is 0 Å². The van der Waals surface area contributed by atoms with Gasteiger partial charge in [0.25, 0.3) is 0 Å². The van der Waals surface area contributed by atoms with E-state index in [0.717, 1.165) is 0 Å². The highest BCUT2D eigenvalue weighted by molar-refractivity contribution is 7.80. The van der Waals surface area contributed by atoms with Crippen LogP contribution in [0, 0.1) is 0 Å². The third kappa shape index (κ3) is 12.1. The monoisotopic (exact) mass is 542 g/mol. The van der Waals surface area contributed by atoms with E-state index in [9.17, 15) is 29.1 Å². The van der Waals surface area contributed by atoms with Crippen molar-refractivity contribution in [3.05, 3.63) is 18.2 Å². The molecule has 0 aliphatic carbocycles. The Morgan fingerprint density at radius 3 is 2.16 bits per heavy atom. The van der Waals surface area contributed by atoms with E-state index in [1.807, 2.05) is 0 Å². The molecule has 1 rings (SSSR count). The number of carboxylic acid groups (broad SMARTS) is 1. The number of primary amides is 1. The van der Waals surface area contributed by atoms with Gasteiger partial charge in [0.2, 0.25) is 23.6 Å². The van der Waals surface area contributed by atoms with Crippen LogP contribution in [0.25, 0.3) is 0 Å². The molecule has 0 radical (unpaired) electrons. The van der Waals surface area contributed by atoms with Crippen molar-refractivity contribution in [1.29, 1.82) is 0 Å². The normalized spacial score (nSPS) is 13.9. The van der Waals surface area contributed by atoms with Gasteiger partial charge >= 0.3 is 5.97 Å². The minimum Gasteiger partial charge on any atom is -0.480 e. The number of nitrogens with zero attached hydrogens (tertiary/aromatic N) is 2. The summed E-state index contributed by atoms with van der Waals surface area (Å²) in [6.45, 7) is 0.146. The van der Waals surface area contributed by atoms with Crippen molar-refractivity contribution in [1.82, 2.24) is 25.9 Å². The quantitative estimate of drug-likeness (QED) is 0.0394. The molecule has 17 heteroatoms. The number of aromatic nitrogens is 2. The van der Waals surface area contributed by atoms with Crippen LogP contribution in [-0.4, -0.2) is 87.1 Å². The summed E-state index contributed by atoms with van der Waals surface area (Å²) in [5.74, 6) is -4.48. The highest BCUT2D eigenvalue weighted by Crippen LogP contribution is 2.06. The second kappa shape index (κ2) is 16.0. The highest BCUT2D eigenvalue weighted by Gasteiger charge is 2.30. The summed E-state index contributed by atoms with van der Waals surface area (Å²) < 4.78 is 0. The molecule has 0 saturated heterocycles. The van der Waals surface area contributed by atoms with Crippen molar-refractivity contribution < 1.29 is 29.1 Å². The van der Waals surface area contributed by atoms with E-state index in [1.165, 1.54) is 12.5 Å². The highest BCUT2D eigenvalue weighted by atomic mass is 32.1. The van der Waals surface area contributed by atoms with Crippen molar-refractivity contribution in [2.75, 3.05) is 12.3 Å². The number of carbonyl (C=O) groups is 5. The first-order chi connectivity index (χ1) is 17.4. The Bertz CT molecular complexity index is 953. The van der Waals surface area contributed by atoms with E-state index < -0.39 is 53.8 Å². The fraction of sp³-hybridized carbons (Fsp3) is 0.550. The molecular formula is C20H34N10O6S. The maximum Gasteiger partial charge on any atom is 0.326 e. The van der Waals surface area contributed by atoms with E-state index >= 15 is 0 Å². The Hall–Kier alpha value is -3.86. The predicted molar refractivity (Wildman–Crippen MR) is 136 cm³/mol. The first kappa shape index (κ1) is 31.2. The lowest BCUT2D eigenvalue weighted by atomic mass is 10.1. The number of carbonyl (C=O) groups excluding carboxylic acids is 4. The Balaban J connectivity index is 3.01. The summed E-state index contributed by atoms with van der Waals surface area (Å²) in [6.07, 6.45) is 2.56. The molecule has 0 spiro atoms. The maximum atomic E-state index is 13.1. The minimum atomic E-state index is -1.33. The molecule has 0 aliphatic heterocycles. The van der Waals surface area contributed by atoms with Crippen LogP contribution in [0.5, 0.6) is 0 Å². The van der Waals surface area contributed by atoms with Crippen LogP contribution in [0.1, 0.15) is 31.4 Å². The first-order valence-corrected chi connectivity index (χ1v) is 11.9. The molecule has 0 aliphatic rings. The number of hydrogen-bond acceptors (Lipinski definition) is 9. The third-order valence-electron chi connectivity index (χ3n) is 5.02. The Kier molecular flexibility index (Phi) is 13.5. The number of carboxylic acids is 1. The lowest BCUT2D eigenvalue weighted by Gasteiger charge is -2.25. The van der Waals surface area contributed by atoms with Gasteiger partial charge in [-0.3, -0.25) is 24.2 Å².